The molecule has 2 unspecified atom stereocenters. The molecule has 1 aromatic rings. The first kappa shape index (κ1) is 10.4. The van der Waals surface area contributed by atoms with E-state index >= 15 is 0 Å². The zero-order valence-corrected chi connectivity index (χ0v) is 9.04. The van der Waals surface area contributed by atoms with E-state index in [1.54, 1.807) is 0 Å². The van der Waals surface area contributed by atoms with E-state index in [4.69, 9.17) is 34.8 Å². The molecule has 1 N–H and O–H groups in total. The van der Waals surface area contributed by atoms with Crippen molar-refractivity contribution in [2.75, 3.05) is 0 Å². The average molecular weight is 256 g/mol. The van der Waals surface area contributed by atoms with Crippen LogP contribution < -0.4 is 5.32 Å². The van der Waals surface area contributed by atoms with Crippen molar-refractivity contribution in [3.05, 3.63) is 21.7 Å². The number of nitrogens with zero attached hydrogens (tertiary/aromatic N) is 2. The van der Waals surface area contributed by atoms with Crippen LogP contribution in [0.4, 0.5) is 4.39 Å². The third kappa shape index (κ3) is 1.67. The third-order valence-electron chi connectivity index (χ3n) is 1.95. The number of alkyl halides is 2. The van der Waals surface area contributed by atoms with Crippen LogP contribution in [0.5, 0.6) is 0 Å². The Labute approximate surface area is 94.6 Å². The van der Waals surface area contributed by atoms with Gasteiger partial charge in [-0.25, -0.2) is 14.4 Å². The molecule has 0 aromatic carbocycles. The maximum atomic E-state index is 13.5. The van der Waals surface area contributed by atoms with Crippen molar-refractivity contribution in [1.82, 2.24) is 15.3 Å². The van der Waals surface area contributed by atoms with Crippen LogP contribution in [0, 0.1) is 0 Å². The number of hydrogen-bond donors (Lipinski definition) is 1. The van der Waals surface area contributed by atoms with Gasteiger partial charge in [-0.1, -0.05) is 11.6 Å². The number of nitrogens with one attached hydrogen (secondary N) is 1. The fraction of sp³-hybridized carbons (Fsp3) is 0.429. The lowest BCUT2D eigenvalue weighted by Crippen LogP contribution is -2.34. The molecule has 0 bridgehead atoms. The molecule has 0 saturated carbocycles. The number of aromatic nitrogens is 2. The van der Waals surface area contributed by atoms with Crippen molar-refractivity contribution < 1.29 is 4.39 Å². The molecule has 14 heavy (non-hydrogen) atoms. The van der Waals surface area contributed by atoms with E-state index in [1.807, 2.05) is 0 Å². The molecule has 7 heteroatoms. The lowest BCUT2D eigenvalue weighted by Gasteiger charge is -2.24. The highest BCUT2D eigenvalue weighted by molar-refractivity contribution is 6.32. The van der Waals surface area contributed by atoms with Crippen LogP contribution in [0.1, 0.15) is 17.4 Å². The van der Waals surface area contributed by atoms with E-state index in [2.05, 4.69) is 15.3 Å². The third-order valence-corrected chi connectivity index (χ3v) is 2.81. The van der Waals surface area contributed by atoms with E-state index < -0.39 is 11.7 Å². The van der Waals surface area contributed by atoms with Gasteiger partial charge in [0.15, 0.2) is 6.17 Å². The minimum atomic E-state index is -1.42. The van der Waals surface area contributed by atoms with Gasteiger partial charge < -0.3 is 0 Å². The zero-order chi connectivity index (χ0) is 10.3. The number of halogens is 4. The highest BCUT2D eigenvalue weighted by Gasteiger charge is 2.31. The number of fused-ring (bicyclic) bond motifs is 1. The van der Waals surface area contributed by atoms with Gasteiger partial charge in [-0.15, -0.1) is 11.6 Å². The SMILES string of the molecule is FC1c2nc(Cl)nc(Cl)c2CNC1Cl. The summed E-state index contributed by atoms with van der Waals surface area (Å²) < 4.78 is 13.5. The van der Waals surface area contributed by atoms with E-state index in [-0.39, 0.29) is 16.1 Å². The zero-order valence-electron chi connectivity index (χ0n) is 6.77. The summed E-state index contributed by atoms with van der Waals surface area (Å²) in [5.74, 6) is 0. The standard InChI is InChI=1S/C7H5Cl3FN3/c8-5-2-1-12-6(9)3(11)4(2)13-7(10)14-5/h3,6,12H,1H2. The Kier molecular flexibility index (Phi) is 2.79. The number of hydrogen-bond acceptors (Lipinski definition) is 3. The molecule has 3 nitrogen and oxygen atoms in total. The van der Waals surface area contributed by atoms with Crippen LogP contribution in [-0.4, -0.2) is 15.5 Å². The Morgan fingerprint density at radius 1 is 1.36 bits per heavy atom. The Hall–Kier alpha value is -0.160. The molecule has 0 aliphatic carbocycles. The van der Waals surface area contributed by atoms with Crippen molar-refractivity contribution in [2.45, 2.75) is 18.2 Å². The first-order valence-electron chi connectivity index (χ1n) is 3.83. The van der Waals surface area contributed by atoms with Gasteiger partial charge in [0.1, 0.15) is 10.7 Å². The summed E-state index contributed by atoms with van der Waals surface area (Å²) in [5.41, 5.74) is -0.112. The maximum Gasteiger partial charge on any atom is 0.224 e. The van der Waals surface area contributed by atoms with Gasteiger partial charge in [0.05, 0.1) is 5.69 Å². The van der Waals surface area contributed by atoms with Crippen molar-refractivity contribution in [2.24, 2.45) is 0 Å². The molecular weight excluding hydrogens is 251 g/mol. The molecule has 76 valence electrons. The molecule has 0 fully saturated rings. The van der Waals surface area contributed by atoms with Crippen LogP contribution in [0.15, 0.2) is 0 Å². The predicted molar refractivity (Wildman–Crippen MR) is 52.4 cm³/mol. The van der Waals surface area contributed by atoms with Gasteiger partial charge in [-0.3, -0.25) is 5.32 Å². The molecular formula is C7H5Cl3FN3. The van der Waals surface area contributed by atoms with Gasteiger partial charge in [-0.05, 0) is 11.6 Å². The molecule has 0 spiro atoms. The van der Waals surface area contributed by atoms with Crippen molar-refractivity contribution in [1.29, 1.82) is 0 Å². The highest BCUT2D eigenvalue weighted by atomic mass is 35.5. The maximum absolute atomic E-state index is 13.5. The lowest BCUT2D eigenvalue weighted by atomic mass is 10.1. The van der Waals surface area contributed by atoms with E-state index in [1.165, 1.54) is 0 Å². The van der Waals surface area contributed by atoms with Crippen molar-refractivity contribution >= 4 is 34.8 Å². The Balaban J connectivity index is 2.54. The van der Waals surface area contributed by atoms with Crippen LogP contribution >= 0.6 is 34.8 Å². The minimum Gasteiger partial charge on any atom is -0.294 e. The molecule has 1 aromatic heterocycles. The Morgan fingerprint density at radius 2 is 2.07 bits per heavy atom. The highest BCUT2D eigenvalue weighted by Crippen LogP contribution is 2.33. The lowest BCUT2D eigenvalue weighted by molar-refractivity contribution is 0.278. The second-order valence-electron chi connectivity index (χ2n) is 2.83. The van der Waals surface area contributed by atoms with Crippen LogP contribution in [-0.2, 0) is 6.54 Å². The molecule has 1 aliphatic heterocycles. The summed E-state index contributed by atoms with van der Waals surface area (Å²) in [6, 6.07) is 0. The summed E-state index contributed by atoms with van der Waals surface area (Å²) in [5, 5.41) is 2.83. The fourth-order valence-electron chi connectivity index (χ4n) is 1.28. The quantitative estimate of drug-likeness (QED) is 0.335. The fourth-order valence-corrected chi connectivity index (χ4v) is 1.94. The van der Waals surface area contributed by atoms with Gasteiger partial charge in [-0.2, -0.15) is 0 Å². The van der Waals surface area contributed by atoms with Crippen molar-refractivity contribution in [3.63, 3.8) is 0 Å². The minimum absolute atomic E-state index is 0.0674. The Bertz CT molecular complexity index is 373. The van der Waals surface area contributed by atoms with Gasteiger partial charge in [0, 0.05) is 12.1 Å². The van der Waals surface area contributed by atoms with E-state index in [0.29, 0.717) is 12.1 Å². The van der Waals surface area contributed by atoms with Crippen LogP contribution in [0.25, 0.3) is 0 Å². The molecule has 2 atom stereocenters. The van der Waals surface area contributed by atoms with Gasteiger partial charge in [0.25, 0.3) is 0 Å². The summed E-state index contributed by atoms with van der Waals surface area (Å²) >= 11 is 17.0. The molecule has 0 amide bonds. The van der Waals surface area contributed by atoms with Crippen LogP contribution in [0.3, 0.4) is 0 Å². The molecule has 0 radical (unpaired) electrons. The van der Waals surface area contributed by atoms with Crippen molar-refractivity contribution in [3.8, 4) is 0 Å². The van der Waals surface area contributed by atoms with E-state index in [9.17, 15) is 4.39 Å². The topological polar surface area (TPSA) is 37.8 Å². The van der Waals surface area contributed by atoms with E-state index in [0.717, 1.165) is 0 Å². The summed E-state index contributed by atoms with van der Waals surface area (Å²) in [6.07, 6.45) is -1.42. The summed E-state index contributed by atoms with van der Waals surface area (Å²) in [7, 11) is 0. The summed E-state index contributed by atoms with van der Waals surface area (Å²) in [4.78, 5) is 7.49. The first-order chi connectivity index (χ1) is 6.59. The average Bonchev–Trinajstić information content (AvgIpc) is 2.12. The normalized spacial score (nSPS) is 26.0. The predicted octanol–water partition coefficient (Wildman–Crippen LogP) is 2.46. The second kappa shape index (κ2) is 3.77. The Morgan fingerprint density at radius 3 is 2.79 bits per heavy atom. The van der Waals surface area contributed by atoms with Gasteiger partial charge in [0.2, 0.25) is 5.28 Å². The van der Waals surface area contributed by atoms with Crippen LogP contribution in [0.2, 0.25) is 10.4 Å². The second-order valence-corrected chi connectivity index (χ2v) is 4.00. The molecule has 2 rings (SSSR count). The monoisotopic (exact) mass is 255 g/mol. The molecule has 2 heterocycles. The largest absolute Gasteiger partial charge is 0.294 e. The molecule has 1 aliphatic rings. The first-order valence-corrected chi connectivity index (χ1v) is 5.02. The molecule has 0 saturated heterocycles. The smallest absolute Gasteiger partial charge is 0.224 e. The summed E-state index contributed by atoms with van der Waals surface area (Å²) in [6.45, 7) is 0.347. The van der Waals surface area contributed by atoms with Gasteiger partial charge >= 0.3 is 0 Å². The number of rotatable bonds is 0.